The molecule has 1 aromatic carbocycles. The molecule has 1 aliphatic rings. The van der Waals surface area contributed by atoms with Gasteiger partial charge in [0.05, 0.1) is 26.6 Å². The van der Waals surface area contributed by atoms with E-state index in [9.17, 15) is 9.59 Å². The van der Waals surface area contributed by atoms with Gasteiger partial charge in [-0.25, -0.2) is 0 Å². The highest BCUT2D eigenvalue weighted by molar-refractivity contribution is 5.86. The predicted octanol–water partition coefficient (Wildman–Crippen LogP) is 3.25. The Kier molecular flexibility index (Phi) is 7.19. The zero-order valence-corrected chi connectivity index (χ0v) is 18.5. The standard InChI is InChI=1S/C24H33N3O3/c1-18(2)15-26(23(28)14-19-7-11-22(30-4)12-8-19)17-24(29)27(20-9-10-20)16-21-6-5-13-25(21)3/h5-8,11-13,18,20H,9-10,14-17H2,1-4H3. The number of amides is 2. The van der Waals surface area contributed by atoms with Crippen LogP contribution >= 0.6 is 0 Å². The summed E-state index contributed by atoms with van der Waals surface area (Å²) in [7, 11) is 3.62. The molecule has 0 N–H and O–H groups in total. The molecule has 6 nitrogen and oxygen atoms in total. The third kappa shape index (κ3) is 5.88. The summed E-state index contributed by atoms with van der Waals surface area (Å²) >= 11 is 0. The number of methoxy groups -OCH3 is 1. The number of hydrogen-bond acceptors (Lipinski definition) is 3. The fraction of sp³-hybridized carbons (Fsp3) is 0.500. The lowest BCUT2D eigenvalue weighted by Gasteiger charge is -2.29. The second-order valence-corrected chi connectivity index (χ2v) is 8.56. The molecule has 1 aliphatic carbocycles. The van der Waals surface area contributed by atoms with Crippen LogP contribution in [0.1, 0.15) is 37.9 Å². The van der Waals surface area contributed by atoms with Crippen molar-refractivity contribution in [3.8, 4) is 5.75 Å². The average Bonchev–Trinajstić information content (AvgIpc) is 3.47. The van der Waals surface area contributed by atoms with Gasteiger partial charge in [0, 0.05) is 31.5 Å². The summed E-state index contributed by atoms with van der Waals surface area (Å²) in [5.74, 6) is 1.07. The van der Waals surface area contributed by atoms with E-state index in [4.69, 9.17) is 4.74 Å². The number of benzene rings is 1. The number of aromatic nitrogens is 1. The largest absolute Gasteiger partial charge is 0.497 e. The van der Waals surface area contributed by atoms with E-state index in [-0.39, 0.29) is 24.8 Å². The highest BCUT2D eigenvalue weighted by atomic mass is 16.5. The van der Waals surface area contributed by atoms with E-state index in [2.05, 4.69) is 13.8 Å². The molecule has 1 aromatic heterocycles. The molecule has 1 heterocycles. The van der Waals surface area contributed by atoms with Crippen molar-refractivity contribution in [3.63, 3.8) is 0 Å². The summed E-state index contributed by atoms with van der Waals surface area (Å²) in [5, 5.41) is 0. The Morgan fingerprint density at radius 3 is 2.37 bits per heavy atom. The summed E-state index contributed by atoms with van der Waals surface area (Å²) < 4.78 is 7.23. The van der Waals surface area contributed by atoms with Crippen LogP contribution in [0.2, 0.25) is 0 Å². The average molecular weight is 412 g/mol. The van der Waals surface area contributed by atoms with Gasteiger partial charge >= 0.3 is 0 Å². The molecular formula is C24H33N3O3. The van der Waals surface area contributed by atoms with Crippen LogP contribution in [-0.2, 0) is 29.6 Å². The number of nitrogens with zero attached hydrogens (tertiary/aromatic N) is 3. The number of ether oxygens (including phenoxy) is 1. The van der Waals surface area contributed by atoms with Crippen LogP contribution in [0.4, 0.5) is 0 Å². The molecule has 0 radical (unpaired) electrons. The van der Waals surface area contributed by atoms with Gasteiger partial charge in [0.25, 0.3) is 0 Å². The first-order valence-corrected chi connectivity index (χ1v) is 10.7. The molecule has 0 aliphatic heterocycles. The minimum absolute atomic E-state index is 0.0168. The molecule has 1 saturated carbocycles. The third-order valence-corrected chi connectivity index (χ3v) is 5.47. The van der Waals surface area contributed by atoms with E-state index in [1.54, 1.807) is 12.0 Å². The highest BCUT2D eigenvalue weighted by Crippen LogP contribution is 2.28. The molecule has 30 heavy (non-hydrogen) atoms. The molecule has 3 rings (SSSR count). The van der Waals surface area contributed by atoms with E-state index in [0.29, 0.717) is 25.0 Å². The highest BCUT2D eigenvalue weighted by Gasteiger charge is 2.34. The zero-order chi connectivity index (χ0) is 21.7. The van der Waals surface area contributed by atoms with Crippen LogP contribution in [-0.4, -0.2) is 52.4 Å². The van der Waals surface area contributed by atoms with Gasteiger partial charge < -0.3 is 19.1 Å². The molecule has 6 heteroatoms. The van der Waals surface area contributed by atoms with Crippen molar-refractivity contribution < 1.29 is 14.3 Å². The van der Waals surface area contributed by atoms with Crippen molar-refractivity contribution >= 4 is 11.8 Å². The second-order valence-electron chi connectivity index (χ2n) is 8.56. The Bertz CT molecular complexity index is 853. The molecule has 0 spiro atoms. The summed E-state index contributed by atoms with van der Waals surface area (Å²) in [4.78, 5) is 29.9. The smallest absolute Gasteiger partial charge is 0.242 e. The first-order chi connectivity index (χ1) is 14.4. The van der Waals surface area contributed by atoms with Crippen LogP contribution in [0.5, 0.6) is 5.75 Å². The van der Waals surface area contributed by atoms with Gasteiger partial charge in [-0.2, -0.15) is 0 Å². The van der Waals surface area contributed by atoms with E-state index in [1.165, 1.54) is 0 Å². The minimum atomic E-state index is -0.0168. The maximum atomic E-state index is 13.2. The van der Waals surface area contributed by atoms with E-state index in [0.717, 1.165) is 29.8 Å². The third-order valence-electron chi connectivity index (χ3n) is 5.47. The monoisotopic (exact) mass is 411 g/mol. The Hall–Kier alpha value is -2.76. The van der Waals surface area contributed by atoms with Gasteiger partial charge in [0.15, 0.2) is 0 Å². The van der Waals surface area contributed by atoms with E-state index >= 15 is 0 Å². The minimum Gasteiger partial charge on any atom is -0.497 e. The van der Waals surface area contributed by atoms with Crippen LogP contribution in [0.25, 0.3) is 0 Å². The van der Waals surface area contributed by atoms with E-state index in [1.807, 2.05) is 59.1 Å². The predicted molar refractivity (Wildman–Crippen MR) is 117 cm³/mol. The lowest BCUT2D eigenvalue weighted by Crippen LogP contribution is -2.45. The molecule has 0 unspecified atom stereocenters. The molecule has 0 saturated heterocycles. The Labute approximate surface area is 179 Å². The molecule has 2 amide bonds. The number of carbonyl (C=O) groups excluding carboxylic acids is 2. The van der Waals surface area contributed by atoms with Crippen molar-refractivity contribution in [1.29, 1.82) is 0 Å². The Balaban J connectivity index is 1.68. The lowest BCUT2D eigenvalue weighted by atomic mass is 10.1. The van der Waals surface area contributed by atoms with Crippen LogP contribution in [0.15, 0.2) is 42.6 Å². The van der Waals surface area contributed by atoms with Crippen LogP contribution < -0.4 is 4.74 Å². The molecule has 0 atom stereocenters. The van der Waals surface area contributed by atoms with Gasteiger partial charge in [-0.05, 0) is 48.6 Å². The maximum Gasteiger partial charge on any atom is 0.242 e. The number of aryl methyl sites for hydroxylation is 1. The van der Waals surface area contributed by atoms with Crippen molar-refractivity contribution in [1.82, 2.24) is 14.4 Å². The topological polar surface area (TPSA) is 54.8 Å². The molecule has 0 bridgehead atoms. The quantitative estimate of drug-likeness (QED) is 0.603. The lowest BCUT2D eigenvalue weighted by molar-refractivity contribution is -0.141. The number of rotatable bonds is 10. The van der Waals surface area contributed by atoms with Gasteiger partial charge in [0.2, 0.25) is 11.8 Å². The first kappa shape index (κ1) is 21.9. The van der Waals surface area contributed by atoms with Crippen molar-refractivity contribution in [3.05, 3.63) is 53.9 Å². The van der Waals surface area contributed by atoms with Gasteiger partial charge in [-0.3, -0.25) is 9.59 Å². The number of carbonyl (C=O) groups is 2. The molecular weight excluding hydrogens is 378 g/mol. The summed E-state index contributed by atoms with van der Waals surface area (Å²) in [6.45, 7) is 5.44. The van der Waals surface area contributed by atoms with Crippen LogP contribution in [0.3, 0.4) is 0 Å². The summed E-state index contributed by atoms with van der Waals surface area (Å²) in [6.07, 6.45) is 4.36. The summed E-state index contributed by atoms with van der Waals surface area (Å²) in [6, 6.07) is 11.9. The zero-order valence-electron chi connectivity index (χ0n) is 18.5. The Morgan fingerprint density at radius 1 is 1.13 bits per heavy atom. The molecule has 1 fully saturated rings. The van der Waals surface area contributed by atoms with Gasteiger partial charge in [-0.15, -0.1) is 0 Å². The van der Waals surface area contributed by atoms with Gasteiger partial charge in [0.1, 0.15) is 5.75 Å². The summed E-state index contributed by atoms with van der Waals surface area (Å²) in [5.41, 5.74) is 2.03. The normalized spacial score (nSPS) is 13.4. The maximum absolute atomic E-state index is 13.2. The van der Waals surface area contributed by atoms with Crippen molar-refractivity contribution in [2.45, 2.75) is 45.7 Å². The second kappa shape index (κ2) is 9.83. The van der Waals surface area contributed by atoms with Crippen molar-refractivity contribution in [2.24, 2.45) is 13.0 Å². The Morgan fingerprint density at radius 2 is 1.83 bits per heavy atom. The van der Waals surface area contributed by atoms with Crippen molar-refractivity contribution in [2.75, 3.05) is 20.2 Å². The molecule has 162 valence electrons. The number of hydrogen-bond donors (Lipinski definition) is 0. The van der Waals surface area contributed by atoms with Gasteiger partial charge in [-0.1, -0.05) is 26.0 Å². The fourth-order valence-electron chi connectivity index (χ4n) is 3.62. The van der Waals surface area contributed by atoms with Crippen LogP contribution in [0, 0.1) is 5.92 Å². The first-order valence-electron chi connectivity index (χ1n) is 10.7. The SMILES string of the molecule is COc1ccc(CC(=O)N(CC(=O)N(Cc2cccn2C)C2CC2)CC(C)C)cc1. The fourth-order valence-corrected chi connectivity index (χ4v) is 3.62. The molecule has 2 aromatic rings. The van der Waals surface area contributed by atoms with E-state index < -0.39 is 0 Å².